The molecule has 1 heterocycles. The third-order valence-corrected chi connectivity index (χ3v) is 2.88. The molecule has 2 N–H and O–H groups in total. The molecule has 1 aromatic carbocycles. The van der Waals surface area contributed by atoms with E-state index < -0.39 is 6.17 Å². The normalized spacial score (nSPS) is 21.7. The molecule has 1 fully saturated rings. The lowest BCUT2D eigenvalue weighted by Gasteiger charge is -2.31. The van der Waals surface area contributed by atoms with Gasteiger partial charge in [0.1, 0.15) is 6.17 Å². The minimum atomic E-state index is -0.680. The number of anilines is 1. The van der Waals surface area contributed by atoms with Crippen molar-refractivity contribution in [3.8, 4) is 0 Å². The second kappa shape index (κ2) is 4.62. The Bertz CT molecular complexity index is 327. The van der Waals surface area contributed by atoms with Crippen molar-refractivity contribution in [1.82, 2.24) is 0 Å². The van der Waals surface area contributed by atoms with Crippen molar-refractivity contribution in [3.63, 3.8) is 0 Å². The highest BCUT2D eigenvalue weighted by Crippen LogP contribution is 2.22. The smallest absolute Gasteiger partial charge is 0.118 e. The van der Waals surface area contributed by atoms with E-state index in [1.807, 2.05) is 18.2 Å². The molecule has 82 valence electrons. The summed E-state index contributed by atoms with van der Waals surface area (Å²) in [5.74, 6) is 0. The molecule has 0 spiro atoms. The lowest BCUT2D eigenvalue weighted by Crippen LogP contribution is -2.36. The Hall–Kier alpha value is -1.09. The molecule has 0 amide bonds. The van der Waals surface area contributed by atoms with Gasteiger partial charge in [-0.3, -0.25) is 0 Å². The number of nitrogens with two attached hydrogens (primary N) is 1. The van der Waals surface area contributed by atoms with E-state index in [-0.39, 0.29) is 0 Å². The maximum atomic E-state index is 13.2. The van der Waals surface area contributed by atoms with Crippen molar-refractivity contribution in [2.45, 2.75) is 25.6 Å². The molecule has 1 aliphatic heterocycles. The summed E-state index contributed by atoms with van der Waals surface area (Å²) in [5.41, 5.74) is 7.79. The van der Waals surface area contributed by atoms with Gasteiger partial charge in [-0.15, -0.1) is 0 Å². The van der Waals surface area contributed by atoms with Crippen LogP contribution in [0.1, 0.15) is 18.4 Å². The molecular formula is C12H17FN2. The third kappa shape index (κ3) is 2.48. The molecule has 15 heavy (non-hydrogen) atoms. The van der Waals surface area contributed by atoms with Crippen molar-refractivity contribution >= 4 is 5.69 Å². The summed E-state index contributed by atoms with van der Waals surface area (Å²) in [4.78, 5) is 2.10. The highest BCUT2D eigenvalue weighted by atomic mass is 19.1. The maximum absolute atomic E-state index is 13.2. The van der Waals surface area contributed by atoms with Crippen LogP contribution in [0.4, 0.5) is 10.1 Å². The van der Waals surface area contributed by atoms with Crippen molar-refractivity contribution in [3.05, 3.63) is 29.8 Å². The summed E-state index contributed by atoms with van der Waals surface area (Å²) < 4.78 is 13.2. The monoisotopic (exact) mass is 208 g/mol. The van der Waals surface area contributed by atoms with Gasteiger partial charge in [0, 0.05) is 25.3 Å². The zero-order valence-corrected chi connectivity index (χ0v) is 8.82. The summed E-state index contributed by atoms with van der Waals surface area (Å²) in [6.07, 6.45) is 0.960. The van der Waals surface area contributed by atoms with Crippen LogP contribution in [0.3, 0.4) is 0 Å². The summed E-state index contributed by atoms with van der Waals surface area (Å²) in [5, 5.41) is 0. The topological polar surface area (TPSA) is 29.3 Å². The van der Waals surface area contributed by atoms with Crippen LogP contribution in [-0.4, -0.2) is 19.3 Å². The van der Waals surface area contributed by atoms with Crippen molar-refractivity contribution < 1.29 is 4.39 Å². The molecule has 1 atom stereocenters. The largest absolute Gasteiger partial charge is 0.369 e. The van der Waals surface area contributed by atoms with Gasteiger partial charge < -0.3 is 10.6 Å². The van der Waals surface area contributed by atoms with Gasteiger partial charge in [0.25, 0.3) is 0 Å². The van der Waals surface area contributed by atoms with E-state index in [1.165, 1.54) is 0 Å². The van der Waals surface area contributed by atoms with E-state index in [1.54, 1.807) is 0 Å². The predicted octanol–water partition coefficient (Wildman–Crippen LogP) is 2.08. The van der Waals surface area contributed by atoms with E-state index in [0.29, 0.717) is 19.5 Å². The molecule has 2 nitrogen and oxygen atoms in total. The second-order valence-corrected chi connectivity index (χ2v) is 4.06. The summed E-state index contributed by atoms with van der Waals surface area (Å²) in [7, 11) is 0. The minimum absolute atomic E-state index is 0.522. The quantitative estimate of drug-likeness (QED) is 0.806. The first-order valence-electron chi connectivity index (χ1n) is 5.47. The van der Waals surface area contributed by atoms with Crippen LogP contribution in [0.5, 0.6) is 0 Å². The molecule has 0 aromatic heterocycles. The van der Waals surface area contributed by atoms with E-state index in [0.717, 1.165) is 24.2 Å². The Kier molecular flexibility index (Phi) is 3.21. The van der Waals surface area contributed by atoms with Crippen LogP contribution >= 0.6 is 0 Å². The average Bonchev–Trinajstić information content (AvgIpc) is 2.29. The van der Waals surface area contributed by atoms with Crippen molar-refractivity contribution in [2.24, 2.45) is 5.73 Å². The van der Waals surface area contributed by atoms with Gasteiger partial charge in [0.15, 0.2) is 0 Å². The van der Waals surface area contributed by atoms with Gasteiger partial charge in [-0.25, -0.2) is 4.39 Å². The molecule has 0 saturated carbocycles. The number of nitrogens with zero attached hydrogens (tertiary/aromatic N) is 1. The predicted molar refractivity (Wildman–Crippen MR) is 60.7 cm³/mol. The minimum Gasteiger partial charge on any atom is -0.369 e. The Labute approximate surface area is 89.9 Å². The lowest BCUT2D eigenvalue weighted by molar-refractivity contribution is 0.287. The standard InChI is InChI=1S/C12H17FN2/c13-11-4-2-6-15(9-11)12-5-1-3-10(7-12)8-14/h1,3,5,7,11H,2,4,6,8-9,14H2. The van der Waals surface area contributed by atoms with Crippen LogP contribution < -0.4 is 10.6 Å². The number of alkyl halides is 1. The van der Waals surface area contributed by atoms with Gasteiger partial charge in [-0.2, -0.15) is 0 Å². The SMILES string of the molecule is NCc1cccc(N2CCCC(F)C2)c1. The van der Waals surface area contributed by atoms with Crippen LogP contribution in [0.15, 0.2) is 24.3 Å². The molecular weight excluding hydrogens is 191 g/mol. The fourth-order valence-corrected chi connectivity index (χ4v) is 2.04. The van der Waals surface area contributed by atoms with Crippen LogP contribution in [0.25, 0.3) is 0 Å². The fraction of sp³-hybridized carbons (Fsp3) is 0.500. The Morgan fingerprint density at radius 3 is 3.07 bits per heavy atom. The lowest BCUT2D eigenvalue weighted by atomic mass is 10.1. The first kappa shape index (κ1) is 10.4. The van der Waals surface area contributed by atoms with Crippen LogP contribution in [0.2, 0.25) is 0 Å². The van der Waals surface area contributed by atoms with Gasteiger partial charge in [0.2, 0.25) is 0 Å². The summed E-state index contributed by atoms with van der Waals surface area (Å²) in [6.45, 7) is 2.02. The number of benzene rings is 1. The zero-order valence-electron chi connectivity index (χ0n) is 8.82. The number of hydrogen-bond donors (Lipinski definition) is 1. The fourth-order valence-electron chi connectivity index (χ4n) is 2.04. The molecule has 0 aliphatic carbocycles. The first-order valence-corrected chi connectivity index (χ1v) is 5.47. The molecule has 1 saturated heterocycles. The number of halogens is 1. The Morgan fingerprint density at radius 1 is 1.47 bits per heavy atom. The molecule has 2 rings (SSSR count). The average molecular weight is 208 g/mol. The molecule has 1 aliphatic rings. The summed E-state index contributed by atoms with van der Waals surface area (Å²) in [6, 6.07) is 8.06. The zero-order chi connectivity index (χ0) is 10.7. The number of rotatable bonds is 2. The maximum Gasteiger partial charge on any atom is 0.118 e. The Morgan fingerprint density at radius 2 is 2.33 bits per heavy atom. The first-order chi connectivity index (χ1) is 7.29. The molecule has 0 bridgehead atoms. The highest BCUT2D eigenvalue weighted by molar-refractivity contribution is 5.49. The van der Waals surface area contributed by atoms with Crippen molar-refractivity contribution in [1.29, 1.82) is 0 Å². The van der Waals surface area contributed by atoms with E-state index >= 15 is 0 Å². The molecule has 3 heteroatoms. The van der Waals surface area contributed by atoms with Crippen LogP contribution in [-0.2, 0) is 6.54 Å². The highest BCUT2D eigenvalue weighted by Gasteiger charge is 2.19. The van der Waals surface area contributed by atoms with Crippen LogP contribution in [0, 0.1) is 0 Å². The van der Waals surface area contributed by atoms with Gasteiger partial charge in [-0.1, -0.05) is 12.1 Å². The van der Waals surface area contributed by atoms with E-state index in [9.17, 15) is 4.39 Å². The molecule has 0 radical (unpaired) electrons. The van der Waals surface area contributed by atoms with Gasteiger partial charge in [0.05, 0.1) is 0 Å². The number of hydrogen-bond acceptors (Lipinski definition) is 2. The van der Waals surface area contributed by atoms with E-state index in [4.69, 9.17) is 5.73 Å². The molecule has 1 aromatic rings. The second-order valence-electron chi connectivity index (χ2n) is 4.06. The third-order valence-electron chi connectivity index (χ3n) is 2.88. The van der Waals surface area contributed by atoms with Crippen molar-refractivity contribution in [2.75, 3.05) is 18.0 Å². The van der Waals surface area contributed by atoms with Gasteiger partial charge in [-0.05, 0) is 30.5 Å². The number of piperidine rings is 1. The summed E-state index contributed by atoms with van der Waals surface area (Å²) >= 11 is 0. The molecule has 1 unspecified atom stereocenters. The van der Waals surface area contributed by atoms with Gasteiger partial charge >= 0.3 is 0 Å². The Balaban J connectivity index is 2.13. The van der Waals surface area contributed by atoms with E-state index in [2.05, 4.69) is 11.0 Å².